The van der Waals surface area contributed by atoms with Gasteiger partial charge in [0.1, 0.15) is 29.5 Å². The monoisotopic (exact) mass is 781 g/mol. The average Bonchev–Trinajstić information content (AvgIpc) is 4.00. The number of phenols is 2. The van der Waals surface area contributed by atoms with Crippen LogP contribution in [-0.2, 0) is 34.9 Å². The van der Waals surface area contributed by atoms with Gasteiger partial charge in [-0.2, -0.15) is 0 Å². The molecule has 0 radical (unpaired) electrons. The van der Waals surface area contributed by atoms with Crippen molar-refractivity contribution in [2.45, 2.75) is 87.7 Å². The summed E-state index contributed by atoms with van der Waals surface area (Å²) in [6, 6.07) is 3.92. The van der Waals surface area contributed by atoms with E-state index in [2.05, 4.69) is 17.2 Å². The minimum absolute atomic E-state index is 0.0169. The van der Waals surface area contributed by atoms with Gasteiger partial charge >= 0.3 is 6.09 Å². The van der Waals surface area contributed by atoms with Crippen LogP contribution in [0.25, 0.3) is 0 Å². The number of nitrogens with zero attached hydrogens (tertiary/aromatic N) is 1. The highest BCUT2D eigenvalue weighted by Crippen LogP contribution is 2.52. The highest BCUT2D eigenvalue weighted by molar-refractivity contribution is 6.31. The summed E-state index contributed by atoms with van der Waals surface area (Å²) in [5, 5.41) is 52.2. The first kappa shape index (κ1) is 39.6. The molecule has 3 aliphatic carbocycles. The van der Waals surface area contributed by atoms with Gasteiger partial charge in [-0.05, 0) is 25.8 Å². The fourth-order valence-corrected chi connectivity index (χ4v) is 8.00. The third-order valence-corrected chi connectivity index (χ3v) is 10.9. The largest absolute Gasteiger partial charge is 0.507 e. The van der Waals surface area contributed by atoms with Crippen molar-refractivity contribution < 1.29 is 68.0 Å². The SMILES string of the molecule is C=CCOC(=O)NCCNC(=O)[C@]1(O)Cc2c(O)c3c(c(O)c2[C@@H](O[C@H]2C[C@H](N4CCO[C@H](OC5CC5)C4)[C@H](O)[C@H](C)O2)C1)C(=O)c1c(OC)cccc1C3=O. The van der Waals surface area contributed by atoms with E-state index in [1.54, 1.807) is 6.92 Å². The standard InChI is InChI=1S/C39H47N3O14/c1-4-13-53-38(49)41-11-10-40-37(48)39(50)16-22-29(36(47)31-30(34(22)45)33(44)21-6-5-7-24(51-3)28(21)35(31)46)25(17-39)56-26-15-23(32(43)19(2)54-26)42-12-14-52-27(18-42)55-20-8-9-20/h4-7,19-20,23,25-27,32,43,45,47,50H,1,8-18H2,2-3H3,(H,40,48)(H,41,49)/t19-,23-,25-,26-,27+,32+,39-/m0/s1. The second kappa shape index (κ2) is 16.1. The van der Waals surface area contributed by atoms with Crippen LogP contribution in [-0.4, -0.2) is 138 Å². The number of phenolic OH excluding ortho intramolecular Hbond substituents is 2. The summed E-state index contributed by atoms with van der Waals surface area (Å²) < 4.78 is 34.7. The quantitative estimate of drug-likeness (QED) is 0.0865. The minimum Gasteiger partial charge on any atom is -0.507 e. The molecule has 2 aliphatic heterocycles. The number of aromatic hydroxyl groups is 2. The Morgan fingerprint density at radius 3 is 2.54 bits per heavy atom. The smallest absolute Gasteiger partial charge is 0.407 e. The predicted octanol–water partition coefficient (Wildman–Crippen LogP) is 1.35. The molecule has 0 bridgehead atoms. The molecule has 17 nitrogen and oxygen atoms in total. The van der Waals surface area contributed by atoms with Gasteiger partial charge in [0.15, 0.2) is 18.4 Å². The number of carbonyl (C=O) groups is 4. The molecule has 2 aromatic carbocycles. The van der Waals surface area contributed by atoms with E-state index >= 15 is 0 Å². The number of morpholine rings is 1. The summed E-state index contributed by atoms with van der Waals surface area (Å²) in [6.07, 6.45) is -2.81. The Kier molecular flexibility index (Phi) is 11.4. The van der Waals surface area contributed by atoms with Gasteiger partial charge in [-0.3, -0.25) is 19.3 Å². The normalized spacial score (nSPS) is 28.7. The van der Waals surface area contributed by atoms with Crippen LogP contribution < -0.4 is 15.4 Å². The summed E-state index contributed by atoms with van der Waals surface area (Å²) in [7, 11) is 1.33. The van der Waals surface area contributed by atoms with Crippen molar-refractivity contribution in [1.82, 2.24) is 15.5 Å². The van der Waals surface area contributed by atoms with Gasteiger partial charge in [0.2, 0.25) is 5.78 Å². The van der Waals surface area contributed by atoms with Crippen LogP contribution in [0.4, 0.5) is 4.79 Å². The molecule has 0 unspecified atom stereocenters. The topological polar surface area (TPSA) is 232 Å². The highest BCUT2D eigenvalue weighted by Gasteiger charge is 2.51. The number of hydrogen-bond acceptors (Lipinski definition) is 15. The van der Waals surface area contributed by atoms with Gasteiger partial charge in [-0.15, -0.1) is 0 Å². The average molecular weight is 782 g/mol. The van der Waals surface area contributed by atoms with Crippen LogP contribution in [0, 0.1) is 0 Å². The Morgan fingerprint density at radius 1 is 1.05 bits per heavy atom. The Labute approximate surface area is 322 Å². The number of ketones is 2. The van der Waals surface area contributed by atoms with Crippen molar-refractivity contribution in [2.75, 3.05) is 46.5 Å². The lowest BCUT2D eigenvalue weighted by atomic mass is 9.72. The maximum absolute atomic E-state index is 14.1. The maximum atomic E-state index is 14.1. The van der Waals surface area contributed by atoms with Crippen molar-refractivity contribution in [3.8, 4) is 17.2 Å². The lowest BCUT2D eigenvalue weighted by molar-refractivity contribution is -0.268. The Hall–Kier alpha value is -4.62. The van der Waals surface area contributed by atoms with E-state index < -0.39 is 102 Å². The lowest BCUT2D eigenvalue weighted by Crippen LogP contribution is -2.59. The van der Waals surface area contributed by atoms with Gasteiger partial charge in [0.25, 0.3) is 5.91 Å². The molecule has 56 heavy (non-hydrogen) atoms. The molecule has 0 aromatic heterocycles. The van der Waals surface area contributed by atoms with Gasteiger partial charge in [0.05, 0.1) is 61.4 Å². The predicted molar refractivity (Wildman–Crippen MR) is 193 cm³/mol. The highest BCUT2D eigenvalue weighted by atomic mass is 16.7. The number of benzene rings is 2. The van der Waals surface area contributed by atoms with Gasteiger partial charge in [0, 0.05) is 61.6 Å². The van der Waals surface area contributed by atoms with Crippen LogP contribution in [0.3, 0.4) is 0 Å². The van der Waals surface area contributed by atoms with Gasteiger partial charge < -0.3 is 59.5 Å². The van der Waals surface area contributed by atoms with E-state index in [9.17, 15) is 39.6 Å². The molecule has 5 aliphatic rings. The molecule has 2 amide bonds. The molecule has 2 heterocycles. The third-order valence-electron chi connectivity index (χ3n) is 10.9. The number of hydrogen-bond donors (Lipinski definition) is 6. The Morgan fingerprint density at radius 2 is 1.80 bits per heavy atom. The summed E-state index contributed by atoms with van der Waals surface area (Å²) in [5.41, 5.74) is -3.69. The third kappa shape index (κ3) is 7.59. The number of carbonyl (C=O) groups excluding carboxylic acids is 4. The van der Waals surface area contributed by atoms with E-state index in [1.807, 2.05) is 4.90 Å². The van der Waals surface area contributed by atoms with Gasteiger partial charge in [-0.25, -0.2) is 4.79 Å². The Bertz CT molecular complexity index is 1900. The summed E-state index contributed by atoms with van der Waals surface area (Å²) in [4.78, 5) is 55.7. The fourth-order valence-electron chi connectivity index (χ4n) is 8.00. The summed E-state index contributed by atoms with van der Waals surface area (Å²) >= 11 is 0. The molecular weight excluding hydrogens is 734 g/mol. The number of alkyl carbamates (subject to hydrolysis) is 1. The lowest BCUT2D eigenvalue weighted by Gasteiger charge is -2.47. The molecule has 17 heteroatoms. The molecule has 302 valence electrons. The maximum Gasteiger partial charge on any atom is 0.407 e. The molecule has 7 rings (SSSR count). The summed E-state index contributed by atoms with van der Waals surface area (Å²) in [6.45, 7) is 6.23. The van der Waals surface area contributed by atoms with Crippen molar-refractivity contribution >= 4 is 23.6 Å². The minimum atomic E-state index is -2.29. The van der Waals surface area contributed by atoms with Crippen molar-refractivity contribution in [2.24, 2.45) is 0 Å². The second-order valence-corrected chi connectivity index (χ2v) is 14.7. The zero-order valence-corrected chi connectivity index (χ0v) is 31.2. The fraction of sp³-hybridized carbons (Fsp3) is 0.538. The first-order valence-electron chi connectivity index (χ1n) is 18.7. The molecule has 3 fully saturated rings. The molecular formula is C39H47N3O14. The number of fused-ring (bicyclic) bond motifs is 3. The van der Waals surface area contributed by atoms with E-state index in [4.69, 9.17) is 28.4 Å². The van der Waals surface area contributed by atoms with Crippen LogP contribution in [0.15, 0.2) is 30.9 Å². The molecule has 6 N–H and O–H groups in total. The molecule has 2 aromatic rings. The summed E-state index contributed by atoms with van der Waals surface area (Å²) in [5.74, 6) is -3.72. The number of rotatable bonds is 12. The molecule has 2 saturated heterocycles. The van der Waals surface area contributed by atoms with Crippen LogP contribution in [0.1, 0.15) is 81.7 Å². The second-order valence-electron chi connectivity index (χ2n) is 14.7. The molecule has 7 atom stereocenters. The zero-order chi connectivity index (χ0) is 39.9. The van der Waals surface area contributed by atoms with Crippen LogP contribution >= 0.6 is 0 Å². The number of aliphatic hydroxyl groups excluding tert-OH is 1. The van der Waals surface area contributed by atoms with Crippen LogP contribution in [0.5, 0.6) is 17.2 Å². The van der Waals surface area contributed by atoms with E-state index in [0.717, 1.165) is 12.8 Å². The molecule has 0 spiro atoms. The van der Waals surface area contributed by atoms with E-state index in [0.29, 0.717) is 19.7 Å². The number of nitrogens with one attached hydrogen (secondary N) is 2. The van der Waals surface area contributed by atoms with Gasteiger partial charge in [-0.1, -0.05) is 24.8 Å². The van der Waals surface area contributed by atoms with E-state index in [1.165, 1.54) is 31.4 Å². The number of ether oxygens (including phenoxy) is 6. The Balaban J connectivity index is 1.21. The van der Waals surface area contributed by atoms with Crippen molar-refractivity contribution in [3.05, 3.63) is 64.2 Å². The van der Waals surface area contributed by atoms with Crippen molar-refractivity contribution in [3.63, 3.8) is 0 Å². The zero-order valence-electron chi connectivity index (χ0n) is 31.2. The first-order chi connectivity index (χ1) is 26.8. The first-order valence-corrected chi connectivity index (χ1v) is 18.7. The van der Waals surface area contributed by atoms with Crippen LogP contribution in [0.2, 0.25) is 0 Å². The number of amides is 2. The molecule has 1 saturated carbocycles. The van der Waals surface area contributed by atoms with Crippen molar-refractivity contribution in [1.29, 1.82) is 0 Å². The number of aliphatic hydroxyl groups is 2. The number of methoxy groups -OCH3 is 1. The van der Waals surface area contributed by atoms with E-state index in [-0.39, 0.29) is 60.2 Å².